The summed E-state index contributed by atoms with van der Waals surface area (Å²) < 4.78 is 18.9. The van der Waals surface area contributed by atoms with Gasteiger partial charge in [-0.15, -0.1) is 0 Å². The highest BCUT2D eigenvalue weighted by atomic mass is 16.5. The fourth-order valence-corrected chi connectivity index (χ4v) is 6.71. The van der Waals surface area contributed by atoms with Crippen LogP contribution in [0.2, 0.25) is 0 Å². The molecule has 0 aliphatic heterocycles. The van der Waals surface area contributed by atoms with Crippen LogP contribution in [0.3, 0.4) is 0 Å². The number of carbonyl (C=O) groups is 4. The Hall–Kier alpha value is -7.16. The average molecular weight is 881 g/mol. The van der Waals surface area contributed by atoms with Gasteiger partial charge in [0.05, 0.1) is 29.5 Å². The Morgan fingerprint density at radius 2 is 1.44 bits per heavy atom. The SMILES string of the molecule is CCn1nc(C)cc1C(=O)Nc1nc2cc(C=O)cc(OC)c2n1C/C=C/Cn1c(NC)nc2cc(C(N)=O)cc(OC/C=C/CNCCCN)c21.CCn1nc(C)cc1C=O.CN. The quantitative estimate of drug-likeness (QED) is 0.0341. The maximum Gasteiger partial charge on any atom is 0.276 e. The predicted octanol–water partition coefficient (Wildman–Crippen LogP) is 3.85. The summed E-state index contributed by atoms with van der Waals surface area (Å²) in [4.78, 5) is 57.0. The van der Waals surface area contributed by atoms with Crippen LogP contribution in [-0.2, 0) is 26.2 Å². The zero-order valence-electron chi connectivity index (χ0n) is 37.6. The third-order valence-electron chi connectivity index (χ3n) is 9.58. The standard InChI is InChI=1S/C36H45N11O5.C7H10N2O.CH5N/c1-5-47-28(17-23(2)44-47)34(50)43-36-42-26-18-24(22-48)19-29(51-4)31(26)46(36)15-8-7-14-45-32-27(41-35(45)39-3)20-25(33(38)49)21-30(32)52-16-9-6-12-40-13-10-11-37;1-3-9-7(5-10)4-6(2)8-9;1-2/h6-9,17-22,40H,5,10-16,37H2,1-4H3,(H2,38,49)(H,39,41)(H,42,43,50);4-5H,3H2,1-2H3;2H2,1H3/b8-7+,9-6+;;. The number of aromatic nitrogens is 8. The molecule has 0 spiro atoms. The molecular weight excluding hydrogens is 821 g/mol. The molecule has 0 saturated carbocycles. The highest BCUT2D eigenvalue weighted by Gasteiger charge is 2.21. The second-order valence-electron chi connectivity index (χ2n) is 13.9. The topological polar surface area (TPSA) is 272 Å². The van der Waals surface area contributed by atoms with E-state index in [1.165, 1.54) is 14.2 Å². The number of carbonyl (C=O) groups excluding carboxylic acids is 4. The van der Waals surface area contributed by atoms with Crippen LogP contribution < -0.4 is 42.6 Å². The molecule has 6 rings (SSSR count). The molecule has 4 aromatic heterocycles. The normalized spacial score (nSPS) is 11.1. The van der Waals surface area contributed by atoms with E-state index in [0.717, 1.165) is 43.5 Å². The van der Waals surface area contributed by atoms with E-state index >= 15 is 0 Å². The van der Waals surface area contributed by atoms with Crippen LogP contribution in [0, 0.1) is 13.8 Å². The smallest absolute Gasteiger partial charge is 0.276 e. The van der Waals surface area contributed by atoms with Crippen LogP contribution >= 0.6 is 0 Å². The first kappa shape index (κ1) is 49.5. The van der Waals surface area contributed by atoms with Gasteiger partial charge >= 0.3 is 0 Å². The van der Waals surface area contributed by atoms with Gasteiger partial charge in [-0.1, -0.05) is 24.3 Å². The minimum absolute atomic E-state index is 0.264. The zero-order valence-corrected chi connectivity index (χ0v) is 37.6. The molecule has 0 atom stereocenters. The van der Waals surface area contributed by atoms with Crippen LogP contribution in [0.15, 0.2) is 60.7 Å². The van der Waals surface area contributed by atoms with Gasteiger partial charge in [0.2, 0.25) is 17.8 Å². The van der Waals surface area contributed by atoms with Crippen molar-refractivity contribution < 1.29 is 28.7 Å². The number of aryl methyl sites for hydroxylation is 4. The summed E-state index contributed by atoms with van der Waals surface area (Å²) in [5, 5.41) is 17.8. The molecule has 20 nitrogen and oxygen atoms in total. The van der Waals surface area contributed by atoms with Crippen molar-refractivity contribution in [3.63, 3.8) is 0 Å². The highest BCUT2D eigenvalue weighted by Crippen LogP contribution is 2.32. The van der Waals surface area contributed by atoms with E-state index in [9.17, 15) is 19.2 Å². The Labute approximate surface area is 371 Å². The fourth-order valence-electron chi connectivity index (χ4n) is 6.71. The molecule has 0 fully saturated rings. The molecule has 0 aliphatic carbocycles. The lowest BCUT2D eigenvalue weighted by molar-refractivity contribution is 0.0995. The van der Waals surface area contributed by atoms with Gasteiger partial charge in [0.1, 0.15) is 46.8 Å². The Balaban J connectivity index is 0.000000652. The minimum Gasteiger partial charge on any atom is -0.494 e. The molecule has 0 unspecified atom stereocenters. The number of hydrogen-bond donors (Lipinski definition) is 6. The number of hydrogen-bond acceptors (Lipinski definition) is 14. The second-order valence-corrected chi connectivity index (χ2v) is 13.9. The number of amides is 2. The number of anilines is 2. The molecule has 0 radical (unpaired) electrons. The number of primary amides is 1. The molecule has 2 amide bonds. The van der Waals surface area contributed by atoms with E-state index in [4.69, 9.17) is 25.9 Å². The van der Waals surface area contributed by atoms with Crippen molar-refractivity contribution in [1.29, 1.82) is 0 Å². The van der Waals surface area contributed by atoms with E-state index in [-0.39, 0.29) is 30.6 Å². The van der Waals surface area contributed by atoms with Crippen LogP contribution in [0.4, 0.5) is 11.9 Å². The van der Waals surface area contributed by atoms with Crippen molar-refractivity contribution in [2.24, 2.45) is 17.2 Å². The summed E-state index contributed by atoms with van der Waals surface area (Å²) in [6, 6.07) is 10.0. The third kappa shape index (κ3) is 12.3. The number of ether oxygens (including phenoxy) is 2. The number of nitrogens with zero attached hydrogens (tertiary/aromatic N) is 8. The Morgan fingerprint density at radius 3 is 2.05 bits per heavy atom. The lowest BCUT2D eigenvalue weighted by Gasteiger charge is -2.12. The molecule has 9 N–H and O–H groups in total. The number of allylic oxidation sites excluding steroid dienone is 2. The highest BCUT2D eigenvalue weighted by molar-refractivity contribution is 6.03. The van der Waals surface area contributed by atoms with Crippen molar-refractivity contribution in [2.45, 2.75) is 60.3 Å². The molecule has 0 saturated heterocycles. The lowest BCUT2D eigenvalue weighted by atomic mass is 10.1. The first-order valence-corrected chi connectivity index (χ1v) is 20.8. The van der Waals surface area contributed by atoms with Gasteiger partial charge in [-0.25, -0.2) is 9.97 Å². The van der Waals surface area contributed by atoms with Gasteiger partial charge in [-0.3, -0.25) is 33.9 Å². The number of benzene rings is 2. The first-order valence-electron chi connectivity index (χ1n) is 20.8. The number of rotatable bonds is 21. The average Bonchev–Trinajstić information content (AvgIpc) is 4.08. The summed E-state index contributed by atoms with van der Waals surface area (Å²) in [6.45, 7) is 11.9. The van der Waals surface area contributed by atoms with E-state index in [0.29, 0.717) is 82.6 Å². The molecular formula is C44H60N14O6. The second kappa shape index (κ2) is 24.5. The molecule has 342 valence electrons. The van der Waals surface area contributed by atoms with Gasteiger partial charge in [-0.2, -0.15) is 10.2 Å². The monoisotopic (exact) mass is 880 g/mol. The number of aldehydes is 2. The van der Waals surface area contributed by atoms with Gasteiger partial charge in [0.25, 0.3) is 5.91 Å². The lowest BCUT2D eigenvalue weighted by Crippen LogP contribution is -2.20. The number of nitrogens with one attached hydrogen (secondary N) is 3. The fraction of sp³-hybridized carbons (Fsp3) is 0.364. The Morgan fingerprint density at radius 1 is 0.797 bits per heavy atom. The maximum absolute atomic E-state index is 13.5. The number of imidazole rings is 2. The van der Waals surface area contributed by atoms with Crippen molar-refractivity contribution in [1.82, 2.24) is 44.0 Å². The van der Waals surface area contributed by atoms with Gasteiger partial charge in [0, 0.05) is 50.9 Å². The van der Waals surface area contributed by atoms with Crippen LogP contribution in [0.25, 0.3) is 22.1 Å². The van der Waals surface area contributed by atoms with E-state index in [1.54, 1.807) is 52.8 Å². The Bertz CT molecular complexity index is 2580. The third-order valence-corrected chi connectivity index (χ3v) is 9.58. The minimum atomic E-state index is -0.590. The van der Waals surface area contributed by atoms with Crippen molar-refractivity contribution >= 4 is 58.4 Å². The summed E-state index contributed by atoms with van der Waals surface area (Å²) in [6.07, 6.45) is 10.2. The van der Waals surface area contributed by atoms with Crippen LogP contribution in [0.1, 0.15) is 73.3 Å². The molecule has 4 heterocycles. The largest absolute Gasteiger partial charge is 0.494 e. The van der Waals surface area contributed by atoms with Crippen molar-refractivity contribution in [3.05, 3.63) is 94.6 Å². The first-order chi connectivity index (χ1) is 31.0. The van der Waals surface area contributed by atoms with Crippen molar-refractivity contribution in [2.75, 3.05) is 58.1 Å². The summed E-state index contributed by atoms with van der Waals surface area (Å²) >= 11 is 0. The van der Waals surface area contributed by atoms with Gasteiger partial charge in [0.15, 0.2) is 6.29 Å². The molecule has 0 bridgehead atoms. The molecule has 20 heteroatoms. The van der Waals surface area contributed by atoms with Crippen LogP contribution in [0.5, 0.6) is 11.5 Å². The molecule has 0 aliphatic rings. The predicted molar refractivity (Wildman–Crippen MR) is 249 cm³/mol. The Kier molecular flexibility index (Phi) is 18.9. The van der Waals surface area contributed by atoms with E-state index < -0.39 is 5.91 Å². The van der Waals surface area contributed by atoms with Crippen molar-refractivity contribution in [3.8, 4) is 11.5 Å². The number of fused-ring (bicyclic) bond motifs is 2. The summed E-state index contributed by atoms with van der Waals surface area (Å²) in [5.74, 6) is 0.749. The van der Waals surface area contributed by atoms with E-state index in [2.05, 4.69) is 36.9 Å². The number of methoxy groups -OCH3 is 1. The van der Waals surface area contributed by atoms with Gasteiger partial charge in [-0.05, 0) is 90.7 Å². The summed E-state index contributed by atoms with van der Waals surface area (Å²) in [7, 11) is 4.77. The summed E-state index contributed by atoms with van der Waals surface area (Å²) in [5.41, 5.74) is 21.3. The van der Waals surface area contributed by atoms with Crippen LogP contribution in [-0.4, -0.2) is 110 Å². The van der Waals surface area contributed by atoms with Gasteiger partial charge < -0.3 is 46.4 Å². The zero-order chi connectivity index (χ0) is 46.8. The number of nitrogens with two attached hydrogens (primary N) is 3. The molecule has 64 heavy (non-hydrogen) atoms. The van der Waals surface area contributed by atoms with E-state index in [1.807, 2.05) is 61.1 Å². The molecule has 6 aromatic rings. The molecule has 2 aromatic carbocycles. The maximum atomic E-state index is 13.5.